The topological polar surface area (TPSA) is 90.2 Å². The number of fused-ring (bicyclic) bond motifs is 1. The first kappa shape index (κ1) is 12.6. The molecule has 0 spiro atoms. The molecule has 1 amide bonds. The highest BCUT2D eigenvalue weighted by molar-refractivity contribution is 5.93. The quantitative estimate of drug-likeness (QED) is 0.875. The lowest BCUT2D eigenvalue weighted by molar-refractivity contribution is 0.0774. The Kier molecular flexibility index (Phi) is 2.50. The molecule has 3 heterocycles. The lowest BCUT2D eigenvalue weighted by Gasteiger charge is -2.39. The maximum atomic E-state index is 12.5. The normalized spacial score (nSPS) is 27.5. The first-order valence-electron chi connectivity index (χ1n) is 7.10. The third-order valence-corrected chi connectivity index (χ3v) is 4.68. The van der Waals surface area contributed by atoms with E-state index in [9.17, 15) is 4.79 Å². The van der Waals surface area contributed by atoms with Crippen molar-refractivity contribution in [3.63, 3.8) is 0 Å². The zero-order chi connectivity index (χ0) is 14.6. The largest absolute Gasteiger partial charge is 0.354 e. The molecule has 1 saturated carbocycles. The minimum atomic E-state index is -0.177. The molecule has 7 heteroatoms. The summed E-state index contributed by atoms with van der Waals surface area (Å²) < 4.78 is 6.91. The zero-order valence-electron chi connectivity index (χ0n) is 11.8. The number of aromatic nitrogens is 3. The second kappa shape index (κ2) is 4.17. The van der Waals surface area contributed by atoms with Crippen molar-refractivity contribution in [2.45, 2.75) is 18.4 Å². The van der Waals surface area contributed by atoms with Crippen molar-refractivity contribution in [2.75, 3.05) is 13.1 Å². The molecule has 2 aromatic rings. The van der Waals surface area contributed by atoms with E-state index in [4.69, 9.17) is 10.3 Å². The fourth-order valence-electron chi connectivity index (χ4n) is 3.25. The van der Waals surface area contributed by atoms with Crippen LogP contribution in [-0.4, -0.2) is 44.4 Å². The number of amides is 1. The summed E-state index contributed by atoms with van der Waals surface area (Å²) in [6.07, 6.45) is 3.92. The Hall–Kier alpha value is -2.15. The molecule has 0 radical (unpaired) electrons. The van der Waals surface area contributed by atoms with E-state index in [0.29, 0.717) is 29.6 Å². The first-order chi connectivity index (χ1) is 10.0. The van der Waals surface area contributed by atoms with Crippen LogP contribution in [-0.2, 0) is 7.05 Å². The SMILES string of the molecule is Cn1ccc(-c2cc(C(=O)N3C[C@@H]4CC[C@]4(N)C3)no2)n1. The Morgan fingerprint density at radius 2 is 2.43 bits per heavy atom. The van der Waals surface area contributed by atoms with Crippen LogP contribution in [0, 0.1) is 5.92 Å². The van der Waals surface area contributed by atoms with Crippen LogP contribution in [0.5, 0.6) is 0 Å². The van der Waals surface area contributed by atoms with E-state index in [2.05, 4.69) is 10.3 Å². The van der Waals surface area contributed by atoms with Gasteiger partial charge in [-0.2, -0.15) is 5.10 Å². The molecule has 110 valence electrons. The van der Waals surface area contributed by atoms with E-state index in [1.807, 2.05) is 19.3 Å². The van der Waals surface area contributed by atoms with Gasteiger partial charge < -0.3 is 15.2 Å². The van der Waals surface area contributed by atoms with Gasteiger partial charge in [0.15, 0.2) is 11.5 Å². The van der Waals surface area contributed by atoms with Gasteiger partial charge in [-0.25, -0.2) is 0 Å². The smallest absolute Gasteiger partial charge is 0.276 e. The molecular formula is C14H17N5O2. The summed E-state index contributed by atoms with van der Waals surface area (Å²) in [5.74, 6) is 0.826. The zero-order valence-corrected chi connectivity index (χ0v) is 11.8. The molecular weight excluding hydrogens is 270 g/mol. The predicted octanol–water partition coefficient (Wildman–Crippen LogP) is 0.638. The van der Waals surface area contributed by atoms with Crippen molar-refractivity contribution >= 4 is 5.91 Å². The molecule has 0 unspecified atom stereocenters. The highest BCUT2D eigenvalue weighted by Gasteiger charge is 2.51. The van der Waals surface area contributed by atoms with Crippen molar-refractivity contribution in [2.24, 2.45) is 18.7 Å². The minimum Gasteiger partial charge on any atom is -0.354 e. The van der Waals surface area contributed by atoms with Gasteiger partial charge in [-0.1, -0.05) is 5.16 Å². The molecule has 1 aliphatic heterocycles. The van der Waals surface area contributed by atoms with E-state index in [-0.39, 0.29) is 11.4 Å². The summed E-state index contributed by atoms with van der Waals surface area (Å²) in [6.45, 7) is 1.34. The van der Waals surface area contributed by atoms with E-state index in [0.717, 1.165) is 19.4 Å². The number of nitrogens with zero attached hydrogens (tertiary/aromatic N) is 4. The molecule has 2 N–H and O–H groups in total. The van der Waals surface area contributed by atoms with Crippen molar-refractivity contribution in [3.8, 4) is 11.5 Å². The summed E-state index contributed by atoms with van der Waals surface area (Å²) in [6, 6.07) is 3.47. The average molecular weight is 287 g/mol. The summed E-state index contributed by atoms with van der Waals surface area (Å²) in [5, 5.41) is 8.12. The van der Waals surface area contributed by atoms with Crippen molar-refractivity contribution < 1.29 is 9.32 Å². The number of likely N-dealkylation sites (tertiary alicyclic amines) is 1. The van der Waals surface area contributed by atoms with Gasteiger partial charge in [0.1, 0.15) is 5.69 Å². The number of carbonyl (C=O) groups excluding carboxylic acids is 1. The third-order valence-electron chi connectivity index (χ3n) is 4.68. The van der Waals surface area contributed by atoms with Crippen LogP contribution in [0.4, 0.5) is 0 Å². The van der Waals surface area contributed by atoms with Crippen LogP contribution in [0.1, 0.15) is 23.3 Å². The number of hydrogen-bond donors (Lipinski definition) is 1. The fraction of sp³-hybridized carbons (Fsp3) is 0.500. The summed E-state index contributed by atoms with van der Waals surface area (Å²) >= 11 is 0. The Balaban J connectivity index is 1.54. The molecule has 2 fully saturated rings. The number of nitrogens with two attached hydrogens (primary N) is 1. The number of aryl methyl sites for hydroxylation is 1. The highest BCUT2D eigenvalue weighted by Crippen LogP contribution is 2.42. The third kappa shape index (κ3) is 1.88. The Labute approximate surface area is 121 Å². The van der Waals surface area contributed by atoms with Gasteiger partial charge in [-0.15, -0.1) is 0 Å². The van der Waals surface area contributed by atoms with Crippen LogP contribution < -0.4 is 5.73 Å². The van der Waals surface area contributed by atoms with Gasteiger partial charge in [-0.05, 0) is 24.8 Å². The van der Waals surface area contributed by atoms with E-state index >= 15 is 0 Å². The molecule has 1 saturated heterocycles. The monoisotopic (exact) mass is 287 g/mol. The van der Waals surface area contributed by atoms with Gasteiger partial charge in [0.2, 0.25) is 0 Å². The van der Waals surface area contributed by atoms with E-state index in [1.165, 1.54) is 0 Å². The molecule has 7 nitrogen and oxygen atoms in total. The van der Waals surface area contributed by atoms with E-state index in [1.54, 1.807) is 15.6 Å². The summed E-state index contributed by atoms with van der Waals surface area (Å²) in [4.78, 5) is 14.3. The average Bonchev–Trinajstić information content (AvgIpc) is 3.13. The van der Waals surface area contributed by atoms with Crippen LogP contribution in [0.25, 0.3) is 11.5 Å². The molecule has 2 atom stereocenters. The molecule has 21 heavy (non-hydrogen) atoms. The minimum absolute atomic E-state index is 0.111. The molecule has 2 aromatic heterocycles. The maximum Gasteiger partial charge on any atom is 0.276 e. The lowest BCUT2D eigenvalue weighted by atomic mass is 9.70. The second-order valence-electron chi connectivity index (χ2n) is 6.11. The Bertz CT molecular complexity index is 706. The standard InChI is InChI=1S/C14H17N5O2/c1-18-5-3-10(16-18)12-6-11(17-21-12)13(20)19-7-9-2-4-14(9,15)8-19/h3,5-6,9H,2,4,7-8,15H2,1H3/t9-,14-/m0/s1. The van der Waals surface area contributed by atoms with Gasteiger partial charge in [0, 0.05) is 37.9 Å². The van der Waals surface area contributed by atoms with Crippen LogP contribution in [0.15, 0.2) is 22.9 Å². The molecule has 4 rings (SSSR count). The van der Waals surface area contributed by atoms with Crippen LogP contribution in [0.3, 0.4) is 0 Å². The van der Waals surface area contributed by atoms with Crippen molar-refractivity contribution in [1.82, 2.24) is 19.8 Å². The van der Waals surface area contributed by atoms with Crippen molar-refractivity contribution in [1.29, 1.82) is 0 Å². The van der Waals surface area contributed by atoms with Gasteiger partial charge in [-0.3, -0.25) is 9.48 Å². The highest BCUT2D eigenvalue weighted by atomic mass is 16.5. The molecule has 0 aromatic carbocycles. The molecule has 0 bridgehead atoms. The number of hydrogen-bond acceptors (Lipinski definition) is 5. The summed E-state index contributed by atoms with van der Waals surface area (Å²) in [7, 11) is 1.83. The van der Waals surface area contributed by atoms with E-state index < -0.39 is 0 Å². The predicted molar refractivity (Wildman–Crippen MR) is 74.3 cm³/mol. The summed E-state index contributed by atoms with van der Waals surface area (Å²) in [5.41, 5.74) is 7.07. The first-order valence-corrected chi connectivity index (χ1v) is 7.10. The maximum absolute atomic E-state index is 12.5. The Morgan fingerprint density at radius 3 is 3.00 bits per heavy atom. The fourth-order valence-corrected chi connectivity index (χ4v) is 3.25. The van der Waals surface area contributed by atoms with Crippen LogP contribution in [0.2, 0.25) is 0 Å². The van der Waals surface area contributed by atoms with Gasteiger partial charge >= 0.3 is 0 Å². The lowest BCUT2D eigenvalue weighted by Crippen LogP contribution is -2.54. The molecule has 2 aliphatic rings. The van der Waals surface area contributed by atoms with Gasteiger partial charge in [0.05, 0.1) is 0 Å². The number of carbonyl (C=O) groups is 1. The van der Waals surface area contributed by atoms with Gasteiger partial charge in [0.25, 0.3) is 5.91 Å². The number of rotatable bonds is 2. The van der Waals surface area contributed by atoms with Crippen molar-refractivity contribution in [3.05, 3.63) is 24.0 Å². The van der Waals surface area contributed by atoms with Crippen LogP contribution >= 0.6 is 0 Å². The second-order valence-corrected chi connectivity index (χ2v) is 6.11. The molecule has 1 aliphatic carbocycles. The Morgan fingerprint density at radius 1 is 1.57 bits per heavy atom.